The van der Waals surface area contributed by atoms with Crippen molar-refractivity contribution in [3.05, 3.63) is 18.0 Å². The van der Waals surface area contributed by atoms with E-state index in [1.165, 1.54) is 18.4 Å². The molecule has 1 N–H and O–H groups in total. The Morgan fingerprint density at radius 3 is 2.72 bits per heavy atom. The largest absolute Gasteiger partial charge is 0.313 e. The summed E-state index contributed by atoms with van der Waals surface area (Å²) in [7, 11) is 0. The van der Waals surface area contributed by atoms with Crippen LogP contribution in [0.1, 0.15) is 46.1 Å². The van der Waals surface area contributed by atoms with Crippen LogP contribution in [-0.4, -0.2) is 22.4 Å². The normalized spacial score (nSPS) is 23.0. The van der Waals surface area contributed by atoms with Crippen molar-refractivity contribution in [1.29, 1.82) is 0 Å². The first-order valence-electron chi connectivity index (χ1n) is 7.31. The van der Waals surface area contributed by atoms with Gasteiger partial charge in [-0.3, -0.25) is 4.68 Å². The summed E-state index contributed by atoms with van der Waals surface area (Å²) in [5, 5.41) is 8.10. The fourth-order valence-corrected chi connectivity index (χ4v) is 2.82. The molecule has 0 amide bonds. The zero-order valence-electron chi connectivity index (χ0n) is 12.2. The second-order valence-electron chi connectivity index (χ2n) is 6.27. The van der Waals surface area contributed by atoms with Gasteiger partial charge < -0.3 is 5.32 Å². The molecule has 0 bridgehead atoms. The third-order valence-electron chi connectivity index (χ3n) is 4.20. The van der Waals surface area contributed by atoms with Crippen molar-refractivity contribution in [1.82, 2.24) is 15.1 Å². The lowest BCUT2D eigenvalue weighted by atomic mass is 9.98. The van der Waals surface area contributed by atoms with Crippen LogP contribution in [0.2, 0.25) is 0 Å². The van der Waals surface area contributed by atoms with Gasteiger partial charge in [0.2, 0.25) is 0 Å². The van der Waals surface area contributed by atoms with Crippen molar-refractivity contribution in [2.24, 2.45) is 11.3 Å². The van der Waals surface area contributed by atoms with Crippen LogP contribution >= 0.6 is 0 Å². The van der Waals surface area contributed by atoms with Crippen LogP contribution < -0.4 is 5.32 Å². The summed E-state index contributed by atoms with van der Waals surface area (Å²) in [4.78, 5) is 0. The number of nitrogens with one attached hydrogen (secondary N) is 1. The van der Waals surface area contributed by atoms with Gasteiger partial charge in [-0.05, 0) is 49.6 Å². The predicted molar refractivity (Wildman–Crippen MR) is 75.6 cm³/mol. The van der Waals surface area contributed by atoms with Gasteiger partial charge in [0, 0.05) is 18.8 Å². The van der Waals surface area contributed by atoms with Gasteiger partial charge in [-0.15, -0.1) is 0 Å². The average Bonchev–Trinajstić information content (AvgIpc) is 2.77. The van der Waals surface area contributed by atoms with Gasteiger partial charge in [0.15, 0.2) is 0 Å². The Morgan fingerprint density at radius 1 is 1.50 bits per heavy atom. The SMILES string of the molecule is CCCNC(Cc1cnn(CC)c1)C1CC1(C)C. The fraction of sp³-hybridized carbons (Fsp3) is 0.800. The first kappa shape index (κ1) is 13.6. The minimum absolute atomic E-state index is 0.534. The van der Waals surface area contributed by atoms with Crippen molar-refractivity contribution in [3.8, 4) is 0 Å². The van der Waals surface area contributed by atoms with Crippen molar-refractivity contribution in [2.75, 3.05) is 6.54 Å². The van der Waals surface area contributed by atoms with Crippen LogP contribution in [0.25, 0.3) is 0 Å². The molecule has 0 aliphatic heterocycles. The van der Waals surface area contributed by atoms with Gasteiger partial charge >= 0.3 is 0 Å². The minimum atomic E-state index is 0.534. The highest BCUT2D eigenvalue weighted by atomic mass is 15.3. The molecule has 0 saturated heterocycles. The molecule has 1 aromatic heterocycles. The van der Waals surface area contributed by atoms with Crippen LogP contribution in [0.4, 0.5) is 0 Å². The quantitative estimate of drug-likeness (QED) is 0.805. The van der Waals surface area contributed by atoms with E-state index in [0.29, 0.717) is 11.5 Å². The van der Waals surface area contributed by atoms with E-state index in [1.807, 2.05) is 10.9 Å². The first-order chi connectivity index (χ1) is 8.56. The highest BCUT2D eigenvalue weighted by Crippen LogP contribution is 2.54. The molecule has 2 rings (SSSR count). The van der Waals surface area contributed by atoms with Gasteiger partial charge in [0.25, 0.3) is 0 Å². The van der Waals surface area contributed by atoms with Crippen molar-refractivity contribution < 1.29 is 0 Å². The highest BCUT2D eigenvalue weighted by molar-refractivity contribution is 5.11. The summed E-state index contributed by atoms with van der Waals surface area (Å²) in [6, 6.07) is 0.620. The Balaban J connectivity index is 1.96. The van der Waals surface area contributed by atoms with E-state index in [1.54, 1.807) is 0 Å². The topological polar surface area (TPSA) is 29.9 Å². The summed E-state index contributed by atoms with van der Waals surface area (Å²) >= 11 is 0. The van der Waals surface area contributed by atoms with Gasteiger partial charge in [-0.25, -0.2) is 0 Å². The van der Waals surface area contributed by atoms with E-state index in [9.17, 15) is 0 Å². The smallest absolute Gasteiger partial charge is 0.0522 e. The molecule has 3 nitrogen and oxygen atoms in total. The summed E-state index contributed by atoms with van der Waals surface area (Å²) in [5.41, 5.74) is 1.90. The van der Waals surface area contributed by atoms with E-state index in [2.05, 4.69) is 44.3 Å². The second kappa shape index (κ2) is 5.43. The third kappa shape index (κ3) is 3.14. The Morgan fingerprint density at radius 2 is 2.22 bits per heavy atom. The summed E-state index contributed by atoms with van der Waals surface area (Å²) in [5.74, 6) is 0.828. The highest BCUT2D eigenvalue weighted by Gasteiger charge is 2.49. The molecule has 1 heterocycles. The van der Waals surface area contributed by atoms with E-state index >= 15 is 0 Å². The second-order valence-corrected chi connectivity index (χ2v) is 6.27. The number of nitrogens with zero attached hydrogens (tertiary/aromatic N) is 2. The van der Waals surface area contributed by atoms with Crippen LogP contribution in [0.5, 0.6) is 0 Å². The van der Waals surface area contributed by atoms with Crippen molar-refractivity contribution >= 4 is 0 Å². The molecular formula is C15H27N3. The van der Waals surface area contributed by atoms with Gasteiger partial charge in [-0.1, -0.05) is 20.8 Å². The minimum Gasteiger partial charge on any atom is -0.313 e. The van der Waals surface area contributed by atoms with Gasteiger partial charge in [0.1, 0.15) is 0 Å². The van der Waals surface area contributed by atoms with E-state index in [0.717, 1.165) is 25.4 Å². The zero-order valence-corrected chi connectivity index (χ0v) is 12.2. The molecule has 2 unspecified atom stereocenters. The molecule has 0 spiro atoms. The molecule has 2 atom stereocenters. The van der Waals surface area contributed by atoms with Crippen LogP contribution in [0, 0.1) is 11.3 Å². The maximum Gasteiger partial charge on any atom is 0.0522 e. The first-order valence-corrected chi connectivity index (χ1v) is 7.31. The van der Waals surface area contributed by atoms with E-state index < -0.39 is 0 Å². The molecule has 18 heavy (non-hydrogen) atoms. The molecular weight excluding hydrogens is 222 g/mol. The molecule has 1 saturated carbocycles. The zero-order chi connectivity index (χ0) is 13.2. The van der Waals surface area contributed by atoms with E-state index in [-0.39, 0.29) is 0 Å². The fourth-order valence-electron chi connectivity index (χ4n) is 2.82. The summed E-state index contributed by atoms with van der Waals surface area (Å²) < 4.78 is 2.02. The van der Waals surface area contributed by atoms with Gasteiger partial charge in [-0.2, -0.15) is 5.10 Å². The monoisotopic (exact) mass is 249 g/mol. The lowest BCUT2D eigenvalue weighted by Gasteiger charge is -2.19. The third-order valence-corrected chi connectivity index (χ3v) is 4.20. The molecule has 1 aromatic rings. The maximum atomic E-state index is 4.37. The Hall–Kier alpha value is -0.830. The molecule has 102 valence electrons. The van der Waals surface area contributed by atoms with E-state index in [4.69, 9.17) is 0 Å². The number of aromatic nitrogens is 2. The molecule has 1 aliphatic rings. The molecule has 3 heteroatoms. The number of hydrogen-bond acceptors (Lipinski definition) is 2. The maximum absolute atomic E-state index is 4.37. The average molecular weight is 249 g/mol. The molecule has 0 radical (unpaired) electrons. The van der Waals surface area contributed by atoms with Crippen molar-refractivity contribution in [2.45, 2.75) is 59.5 Å². The predicted octanol–water partition coefficient (Wildman–Crippen LogP) is 2.86. The Kier molecular flexibility index (Phi) is 4.10. The van der Waals surface area contributed by atoms with Gasteiger partial charge in [0.05, 0.1) is 6.20 Å². The number of hydrogen-bond donors (Lipinski definition) is 1. The molecule has 1 aliphatic carbocycles. The number of aryl methyl sites for hydroxylation is 1. The van der Waals surface area contributed by atoms with Crippen LogP contribution in [-0.2, 0) is 13.0 Å². The Bertz CT molecular complexity index is 381. The lowest BCUT2D eigenvalue weighted by molar-refractivity contribution is 0.402. The summed E-state index contributed by atoms with van der Waals surface area (Å²) in [6.07, 6.45) is 7.90. The van der Waals surface area contributed by atoms with Crippen LogP contribution in [0.3, 0.4) is 0 Å². The molecule has 1 fully saturated rings. The van der Waals surface area contributed by atoms with Crippen molar-refractivity contribution in [3.63, 3.8) is 0 Å². The standard InChI is InChI=1S/C15H27N3/c1-5-7-16-14(13-9-15(13,3)4)8-12-10-17-18(6-2)11-12/h10-11,13-14,16H,5-9H2,1-4H3. The number of rotatable bonds is 7. The van der Waals surface area contributed by atoms with Crippen LogP contribution in [0.15, 0.2) is 12.4 Å². The summed E-state index contributed by atoms with van der Waals surface area (Å²) in [6.45, 7) is 11.2. The molecule has 0 aromatic carbocycles. The lowest BCUT2D eigenvalue weighted by Crippen LogP contribution is -2.35. The Labute approximate surface area is 111 Å².